The van der Waals surface area contributed by atoms with E-state index in [9.17, 15) is 4.79 Å². The van der Waals surface area contributed by atoms with Crippen LogP contribution < -0.4 is 0 Å². The van der Waals surface area contributed by atoms with Gasteiger partial charge in [0.15, 0.2) is 5.78 Å². The molecule has 0 bridgehead atoms. The SMILES string of the molecule is CCC1CCCCC1C1CCc2ccccc2C1=O. The van der Waals surface area contributed by atoms with E-state index in [-0.39, 0.29) is 0 Å². The quantitative estimate of drug-likeness (QED) is 0.753. The summed E-state index contributed by atoms with van der Waals surface area (Å²) in [6.45, 7) is 2.30. The molecular formula is C18H24O. The maximum Gasteiger partial charge on any atom is 0.166 e. The number of benzene rings is 1. The van der Waals surface area contributed by atoms with Crippen LogP contribution in [0.4, 0.5) is 0 Å². The Labute approximate surface area is 116 Å². The molecule has 0 saturated heterocycles. The van der Waals surface area contributed by atoms with E-state index < -0.39 is 0 Å². The van der Waals surface area contributed by atoms with Gasteiger partial charge >= 0.3 is 0 Å². The number of aryl methyl sites for hydroxylation is 1. The smallest absolute Gasteiger partial charge is 0.166 e. The summed E-state index contributed by atoms with van der Waals surface area (Å²) < 4.78 is 0. The van der Waals surface area contributed by atoms with E-state index in [0.29, 0.717) is 17.6 Å². The number of carbonyl (C=O) groups is 1. The molecule has 102 valence electrons. The molecule has 0 N–H and O–H groups in total. The zero-order chi connectivity index (χ0) is 13.2. The third-order valence-corrected chi connectivity index (χ3v) is 5.35. The van der Waals surface area contributed by atoms with E-state index in [1.807, 2.05) is 12.1 Å². The van der Waals surface area contributed by atoms with E-state index in [1.54, 1.807) is 0 Å². The van der Waals surface area contributed by atoms with Gasteiger partial charge in [0.05, 0.1) is 0 Å². The third-order valence-electron chi connectivity index (χ3n) is 5.35. The number of rotatable bonds is 2. The average Bonchev–Trinajstić information content (AvgIpc) is 2.48. The number of carbonyl (C=O) groups excluding carboxylic acids is 1. The second-order valence-corrected chi connectivity index (χ2v) is 6.28. The summed E-state index contributed by atoms with van der Waals surface area (Å²) in [4.78, 5) is 12.8. The maximum atomic E-state index is 12.8. The molecule has 0 radical (unpaired) electrons. The van der Waals surface area contributed by atoms with Crippen LogP contribution in [-0.2, 0) is 6.42 Å². The summed E-state index contributed by atoms with van der Waals surface area (Å²) in [5.41, 5.74) is 2.28. The molecule has 19 heavy (non-hydrogen) atoms. The highest BCUT2D eigenvalue weighted by atomic mass is 16.1. The summed E-state index contributed by atoms with van der Waals surface area (Å²) in [5.74, 6) is 2.18. The van der Waals surface area contributed by atoms with Crippen molar-refractivity contribution in [1.29, 1.82) is 0 Å². The van der Waals surface area contributed by atoms with Crippen molar-refractivity contribution in [2.45, 2.75) is 51.9 Å². The van der Waals surface area contributed by atoms with Crippen molar-refractivity contribution in [3.8, 4) is 0 Å². The van der Waals surface area contributed by atoms with Crippen LogP contribution >= 0.6 is 0 Å². The Hall–Kier alpha value is -1.11. The Bertz CT molecular complexity index is 463. The van der Waals surface area contributed by atoms with Gasteiger partial charge in [-0.25, -0.2) is 0 Å². The molecule has 1 saturated carbocycles. The Morgan fingerprint density at radius 3 is 2.74 bits per heavy atom. The lowest BCUT2D eigenvalue weighted by atomic mass is 9.66. The topological polar surface area (TPSA) is 17.1 Å². The van der Waals surface area contributed by atoms with Crippen molar-refractivity contribution >= 4 is 5.78 Å². The van der Waals surface area contributed by atoms with E-state index in [2.05, 4.69) is 19.1 Å². The fourth-order valence-electron chi connectivity index (χ4n) is 4.30. The highest BCUT2D eigenvalue weighted by Crippen LogP contribution is 2.42. The zero-order valence-corrected chi connectivity index (χ0v) is 11.9. The van der Waals surface area contributed by atoms with Crippen LogP contribution in [0.15, 0.2) is 24.3 Å². The molecule has 1 nitrogen and oxygen atoms in total. The number of ketones is 1. The van der Waals surface area contributed by atoms with Crippen LogP contribution in [0.5, 0.6) is 0 Å². The second-order valence-electron chi connectivity index (χ2n) is 6.28. The van der Waals surface area contributed by atoms with Gasteiger partial charge in [0, 0.05) is 11.5 Å². The summed E-state index contributed by atoms with van der Waals surface area (Å²) in [5, 5.41) is 0. The van der Waals surface area contributed by atoms with Gasteiger partial charge in [-0.3, -0.25) is 4.79 Å². The predicted molar refractivity (Wildman–Crippen MR) is 78.3 cm³/mol. The highest BCUT2D eigenvalue weighted by molar-refractivity contribution is 6.00. The minimum atomic E-state index is 0.306. The van der Waals surface area contributed by atoms with Crippen molar-refractivity contribution in [2.24, 2.45) is 17.8 Å². The van der Waals surface area contributed by atoms with Crippen LogP contribution in [0, 0.1) is 17.8 Å². The fraction of sp³-hybridized carbons (Fsp3) is 0.611. The van der Waals surface area contributed by atoms with Crippen molar-refractivity contribution in [3.63, 3.8) is 0 Å². The highest BCUT2D eigenvalue weighted by Gasteiger charge is 2.37. The molecule has 0 aromatic heterocycles. The first-order valence-corrected chi connectivity index (χ1v) is 7.93. The fourth-order valence-corrected chi connectivity index (χ4v) is 4.30. The van der Waals surface area contributed by atoms with Crippen LogP contribution in [-0.4, -0.2) is 5.78 Å². The van der Waals surface area contributed by atoms with Gasteiger partial charge in [-0.05, 0) is 36.7 Å². The van der Waals surface area contributed by atoms with Gasteiger partial charge in [0.2, 0.25) is 0 Å². The van der Waals surface area contributed by atoms with E-state index in [4.69, 9.17) is 0 Å². The lowest BCUT2D eigenvalue weighted by molar-refractivity contribution is 0.0739. The summed E-state index contributed by atoms with van der Waals surface area (Å²) in [6.07, 6.45) is 8.73. The Balaban J connectivity index is 1.85. The molecule has 0 spiro atoms. The molecule has 0 heterocycles. The maximum absolute atomic E-state index is 12.8. The lowest BCUT2D eigenvalue weighted by Crippen LogP contribution is -2.35. The molecule has 2 aliphatic carbocycles. The standard InChI is InChI=1S/C18H24O/c1-2-13-7-3-5-9-15(13)17-12-11-14-8-4-6-10-16(14)18(17)19/h4,6,8,10,13,15,17H,2-3,5,7,9,11-12H2,1H3. The van der Waals surface area contributed by atoms with Crippen molar-refractivity contribution in [3.05, 3.63) is 35.4 Å². The minimum Gasteiger partial charge on any atom is -0.294 e. The first kappa shape index (κ1) is 12.9. The number of hydrogen-bond acceptors (Lipinski definition) is 1. The van der Waals surface area contributed by atoms with Crippen LogP contribution in [0.25, 0.3) is 0 Å². The second kappa shape index (κ2) is 5.48. The van der Waals surface area contributed by atoms with Gasteiger partial charge in [0.1, 0.15) is 0 Å². The first-order valence-electron chi connectivity index (χ1n) is 7.93. The van der Waals surface area contributed by atoms with Crippen LogP contribution in [0.1, 0.15) is 61.4 Å². The Morgan fingerprint density at radius 1 is 1.11 bits per heavy atom. The van der Waals surface area contributed by atoms with E-state index in [1.165, 1.54) is 37.7 Å². The van der Waals surface area contributed by atoms with E-state index >= 15 is 0 Å². The molecular weight excluding hydrogens is 232 g/mol. The molecule has 1 fully saturated rings. The van der Waals surface area contributed by atoms with Gasteiger partial charge in [-0.2, -0.15) is 0 Å². The normalized spacial score (nSPS) is 31.0. The molecule has 2 aliphatic rings. The molecule has 3 rings (SSSR count). The Morgan fingerprint density at radius 2 is 1.89 bits per heavy atom. The van der Waals surface area contributed by atoms with Gasteiger partial charge in [0.25, 0.3) is 0 Å². The van der Waals surface area contributed by atoms with Crippen LogP contribution in [0.2, 0.25) is 0 Å². The zero-order valence-electron chi connectivity index (χ0n) is 11.9. The van der Waals surface area contributed by atoms with Gasteiger partial charge in [-0.1, -0.05) is 56.9 Å². The average molecular weight is 256 g/mol. The van der Waals surface area contributed by atoms with Crippen molar-refractivity contribution in [2.75, 3.05) is 0 Å². The van der Waals surface area contributed by atoms with Gasteiger partial charge < -0.3 is 0 Å². The monoisotopic (exact) mass is 256 g/mol. The van der Waals surface area contributed by atoms with Gasteiger partial charge in [-0.15, -0.1) is 0 Å². The predicted octanol–water partition coefficient (Wildman–Crippen LogP) is 4.65. The van der Waals surface area contributed by atoms with Crippen molar-refractivity contribution < 1.29 is 4.79 Å². The molecule has 0 amide bonds. The number of hydrogen-bond donors (Lipinski definition) is 0. The molecule has 3 unspecified atom stereocenters. The summed E-state index contributed by atoms with van der Waals surface area (Å²) in [6, 6.07) is 8.23. The first-order chi connectivity index (χ1) is 9.31. The van der Waals surface area contributed by atoms with E-state index in [0.717, 1.165) is 24.3 Å². The van der Waals surface area contributed by atoms with Crippen LogP contribution in [0.3, 0.4) is 0 Å². The Kier molecular flexibility index (Phi) is 3.72. The summed E-state index contributed by atoms with van der Waals surface area (Å²) >= 11 is 0. The molecule has 1 heteroatoms. The summed E-state index contributed by atoms with van der Waals surface area (Å²) in [7, 11) is 0. The number of fused-ring (bicyclic) bond motifs is 1. The largest absolute Gasteiger partial charge is 0.294 e. The molecule has 1 aromatic rings. The molecule has 1 aromatic carbocycles. The minimum absolute atomic E-state index is 0.306. The molecule has 0 aliphatic heterocycles. The lowest BCUT2D eigenvalue weighted by Gasteiger charge is -2.38. The number of Topliss-reactive ketones (excluding diaryl/α,β-unsaturated/α-hetero) is 1. The van der Waals surface area contributed by atoms with Crippen molar-refractivity contribution in [1.82, 2.24) is 0 Å². The molecule has 3 atom stereocenters. The third kappa shape index (κ3) is 2.35.